The summed E-state index contributed by atoms with van der Waals surface area (Å²) in [6, 6.07) is 7.10. The summed E-state index contributed by atoms with van der Waals surface area (Å²) in [6.45, 7) is 0.156. The van der Waals surface area contributed by atoms with E-state index in [1.807, 2.05) is 6.07 Å². The van der Waals surface area contributed by atoms with Crippen LogP contribution in [0.25, 0.3) is 0 Å². The third-order valence-electron chi connectivity index (χ3n) is 2.32. The van der Waals surface area contributed by atoms with Gasteiger partial charge in [0, 0.05) is 6.54 Å². The smallest absolute Gasteiger partial charge is 0.264 e. The van der Waals surface area contributed by atoms with Crippen LogP contribution < -0.4 is 20.5 Å². The summed E-state index contributed by atoms with van der Waals surface area (Å²) >= 11 is 1.23. The fourth-order valence-electron chi connectivity index (χ4n) is 1.42. The van der Waals surface area contributed by atoms with E-state index in [4.69, 9.17) is 15.2 Å². The highest BCUT2D eigenvalue weighted by atomic mass is 32.1. The minimum atomic E-state index is -0.323. The number of nitrogens with zero attached hydrogens (tertiary/aromatic N) is 2. The van der Waals surface area contributed by atoms with Crippen LogP contribution in [0.3, 0.4) is 0 Å². The molecule has 0 fully saturated rings. The van der Waals surface area contributed by atoms with E-state index in [2.05, 4.69) is 15.5 Å². The van der Waals surface area contributed by atoms with Gasteiger partial charge in [-0.3, -0.25) is 10.1 Å². The Morgan fingerprint density at radius 3 is 2.75 bits per heavy atom. The van der Waals surface area contributed by atoms with Gasteiger partial charge in [0.15, 0.2) is 18.1 Å². The quantitative estimate of drug-likeness (QED) is 0.825. The summed E-state index contributed by atoms with van der Waals surface area (Å²) in [7, 11) is 1.54. The molecule has 20 heavy (non-hydrogen) atoms. The van der Waals surface area contributed by atoms with Crippen LogP contribution in [0.15, 0.2) is 24.3 Å². The van der Waals surface area contributed by atoms with Gasteiger partial charge in [-0.2, -0.15) is 0 Å². The molecule has 2 aromatic rings. The van der Waals surface area contributed by atoms with E-state index in [0.717, 1.165) is 0 Å². The monoisotopic (exact) mass is 294 g/mol. The second-order valence-corrected chi connectivity index (χ2v) is 4.75. The fraction of sp³-hybridized carbons (Fsp3) is 0.250. The van der Waals surface area contributed by atoms with Gasteiger partial charge in [0.05, 0.1) is 7.11 Å². The zero-order chi connectivity index (χ0) is 14.4. The first kappa shape index (κ1) is 14.2. The summed E-state index contributed by atoms with van der Waals surface area (Å²) in [5, 5.41) is 11.2. The van der Waals surface area contributed by atoms with Gasteiger partial charge >= 0.3 is 0 Å². The minimum absolute atomic E-state index is 0.141. The van der Waals surface area contributed by atoms with Crippen LogP contribution in [0.1, 0.15) is 5.01 Å². The zero-order valence-electron chi connectivity index (χ0n) is 10.8. The maximum absolute atomic E-state index is 11.7. The minimum Gasteiger partial charge on any atom is -0.493 e. The van der Waals surface area contributed by atoms with Gasteiger partial charge in [-0.15, -0.1) is 10.2 Å². The fourth-order valence-corrected chi connectivity index (χ4v) is 2.06. The van der Waals surface area contributed by atoms with Crippen molar-refractivity contribution in [3.05, 3.63) is 29.3 Å². The predicted molar refractivity (Wildman–Crippen MR) is 74.9 cm³/mol. The molecule has 0 aliphatic heterocycles. The maximum Gasteiger partial charge on any atom is 0.264 e. The van der Waals surface area contributed by atoms with Gasteiger partial charge in [-0.25, -0.2) is 0 Å². The van der Waals surface area contributed by atoms with E-state index in [9.17, 15) is 4.79 Å². The van der Waals surface area contributed by atoms with Gasteiger partial charge in [0.1, 0.15) is 5.01 Å². The first-order valence-electron chi connectivity index (χ1n) is 5.81. The van der Waals surface area contributed by atoms with Crippen molar-refractivity contribution >= 4 is 22.4 Å². The third-order valence-corrected chi connectivity index (χ3v) is 3.18. The average molecular weight is 294 g/mol. The molecule has 8 heteroatoms. The number of carbonyl (C=O) groups is 1. The number of para-hydroxylation sites is 2. The number of hydrogen-bond acceptors (Lipinski definition) is 7. The van der Waals surface area contributed by atoms with E-state index in [0.29, 0.717) is 28.2 Å². The second kappa shape index (κ2) is 6.83. The summed E-state index contributed by atoms with van der Waals surface area (Å²) in [5.41, 5.74) is 5.42. The summed E-state index contributed by atoms with van der Waals surface area (Å²) in [4.78, 5) is 11.7. The van der Waals surface area contributed by atoms with Crippen molar-refractivity contribution in [1.82, 2.24) is 10.2 Å². The molecule has 0 saturated carbocycles. The van der Waals surface area contributed by atoms with Crippen LogP contribution in [0.4, 0.5) is 5.13 Å². The molecule has 0 atom stereocenters. The Balaban J connectivity index is 1.88. The van der Waals surface area contributed by atoms with Crippen molar-refractivity contribution in [2.24, 2.45) is 5.73 Å². The number of methoxy groups -OCH3 is 1. The van der Waals surface area contributed by atoms with Crippen molar-refractivity contribution < 1.29 is 14.3 Å². The Bertz CT molecular complexity index is 588. The summed E-state index contributed by atoms with van der Waals surface area (Å²) < 4.78 is 10.5. The zero-order valence-corrected chi connectivity index (χ0v) is 11.6. The molecule has 0 spiro atoms. The molecule has 0 aliphatic carbocycles. The molecule has 2 rings (SSSR count). The summed E-state index contributed by atoms with van der Waals surface area (Å²) in [5.74, 6) is 0.752. The Labute approximate surface area is 119 Å². The molecule has 0 aliphatic rings. The molecule has 0 unspecified atom stereocenters. The highest BCUT2D eigenvalue weighted by Crippen LogP contribution is 2.25. The number of amides is 1. The van der Waals surface area contributed by atoms with Crippen LogP contribution in [-0.4, -0.2) is 29.8 Å². The van der Waals surface area contributed by atoms with Gasteiger partial charge in [0.2, 0.25) is 5.13 Å². The molecule has 0 saturated heterocycles. The Morgan fingerprint density at radius 1 is 1.35 bits per heavy atom. The third kappa shape index (κ3) is 3.65. The largest absolute Gasteiger partial charge is 0.493 e. The van der Waals surface area contributed by atoms with Crippen LogP contribution in [0, 0.1) is 0 Å². The topological polar surface area (TPSA) is 99.4 Å². The van der Waals surface area contributed by atoms with Gasteiger partial charge in [0.25, 0.3) is 5.91 Å². The van der Waals surface area contributed by atoms with E-state index in [1.165, 1.54) is 18.4 Å². The van der Waals surface area contributed by atoms with E-state index >= 15 is 0 Å². The molecular weight excluding hydrogens is 280 g/mol. The number of nitrogens with two attached hydrogens (primary N) is 1. The molecule has 1 aromatic heterocycles. The first-order valence-corrected chi connectivity index (χ1v) is 6.62. The SMILES string of the molecule is COc1ccccc1OCC(=O)Nc1nnc(CN)s1. The van der Waals surface area contributed by atoms with Crippen molar-refractivity contribution in [1.29, 1.82) is 0 Å². The van der Waals surface area contributed by atoms with Crippen molar-refractivity contribution in [2.75, 3.05) is 19.0 Å². The molecule has 3 N–H and O–H groups in total. The van der Waals surface area contributed by atoms with Crippen molar-refractivity contribution in [3.63, 3.8) is 0 Å². The molecule has 106 valence electrons. The number of anilines is 1. The number of hydrogen-bond donors (Lipinski definition) is 2. The lowest BCUT2D eigenvalue weighted by Crippen LogP contribution is -2.20. The molecule has 1 heterocycles. The average Bonchev–Trinajstić information content (AvgIpc) is 2.93. The highest BCUT2D eigenvalue weighted by molar-refractivity contribution is 7.15. The van der Waals surface area contributed by atoms with E-state index in [-0.39, 0.29) is 12.5 Å². The number of carbonyl (C=O) groups excluding carboxylic acids is 1. The Hall–Kier alpha value is -2.19. The van der Waals surface area contributed by atoms with Crippen molar-refractivity contribution in [3.8, 4) is 11.5 Å². The molecule has 1 amide bonds. The molecule has 1 aromatic carbocycles. The molecule has 7 nitrogen and oxygen atoms in total. The van der Waals surface area contributed by atoms with Crippen LogP contribution in [0.5, 0.6) is 11.5 Å². The normalized spacial score (nSPS) is 10.1. The van der Waals surface area contributed by atoms with E-state index in [1.54, 1.807) is 18.2 Å². The van der Waals surface area contributed by atoms with Crippen molar-refractivity contribution in [2.45, 2.75) is 6.54 Å². The van der Waals surface area contributed by atoms with E-state index < -0.39 is 0 Å². The Morgan fingerprint density at radius 2 is 2.10 bits per heavy atom. The van der Waals surface area contributed by atoms with Crippen LogP contribution >= 0.6 is 11.3 Å². The maximum atomic E-state index is 11.7. The number of benzene rings is 1. The summed E-state index contributed by atoms with van der Waals surface area (Å²) in [6.07, 6.45) is 0. The number of ether oxygens (including phenoxy) is 2. The predicted octanol–water partition coefficient (Wildman–Crippen LogP) is 1.02. The lowest BCUT2D eigenvalue weighted by Gasteiger charge is -2.09. The standard InChI is InChI=1S/C12H14N4O3S/c1-18-8-4-2-3-5-9(8)19-7-10(17)14-12-16-15-11(6-13)20-12/h2-5H,6-7,13H2,1H3,(H,14,16,17). The Kier molecular flexibility index (Phi) is 4.85. The first-order chi connectivity index (χ1) is 9.72. The second-order valence-electron chi connectivity index (χ2n) is 3.69. The lowest BCUT2D eigenvalue weighted by atomic mass is 10.3. The number of aromatic nitrogens is 2. The van der Waals surface area contributed by atoms with Crippen LogP contribution in [-0.2, 0) is 11.3 Å². The molecule has 0 radical (unpaired) electrons. The van der Waals surface area contributed by atoms with Gasteiger partial charge < -0.3 is 15.2 Å². The molecular formula is C12H14N4O3S. The lowest BCUT2D eigenvalue weighted by molar-refractivity contribution is -0.118. The van der Waals surface area contributed by atoms with Gasteiger partial charge in [-0.1, -0.05) is 23.5 Å². The van der Waals surface area contributed by atoms with Gasteiger partial charge in [-0.05, 0) is 12.1 Å². The number of nitrogens with one attached hydrogen (secondary N) is 1. The number of rotatable bonds is 6. The highest BCUT2D eigenvalue weighted by Gasteiger charge is 2.09. The van der Waals surface area contributed by atoms with Crippen LogP contribution in [0.2, 0.25) is 0 Å². The molecule has 0 bridgehead atoms.